The molecule has 0 saturated heterocycles. The standard InChI is InChI=1S/4HI.V/h4*1H;/q;;;;+4/p-4. The first-order valence-corrected chi connectivity index (χ1v) is 0. The van der Waals surface area contributed by atoms with Gasteiger partial charge in [0.15, 0.2) is 0 Å². The van der Waals surface area contributed by atoms with E-state index in [4.69, 9.17) is 0 Å². The van der Waals surface area contributed by atoms with E-state index >= 15 is 0 Å². The summed E-state index contributed by atoms with van der Waals surface area (Å²) in [5.74, 6) is 0. The van der Waals surface area contributed by atoms with E-state index in [2.05, 4.69) is 0 Å². The van der Waals surface area contributed by atoms with Crippen molar-refractivity contribution < 1.29 is 114 Å². The fourth-order valence-electron chi connectivity index (χ4n) is 0. The molecule has 0 aliphatic rings. The molecule has 0 aliphatic heterocycles. The van der Waals surface area contributed by atoms with Crippen molar-refractivity contribution >= 4 is 0 Å². The Labute approximate surface area is 112 Å². The van der Waals surface area contributed by atoms with E-state index in [1.165, 1.54) is 0 Å². The molecule has 0 aliphatic carbocycles. The number of rotatable bonds is 0. The summed E-state index contributed by atoms with van der Waals surface area (Å²) in [6.07, 6.45) is 0. The van der Waals surface area contributed by atoms with E-state index in [1.54, 1.807) is 0 Å². The maximum Gasteiger partial charge on any atom is 4.00 e. The summed E-state index contributed by atoms with van der Waals surface area (Å²) in [5, 5.41) is 0. The van der Waals surface area contributed by atoms with E-state index < -0.39 is 0 Å². The van der Waals surface area contributed by atoms with Gasteiger partial charge in [0.25, 0.3) is 0 Å². The van der Waals surface area contributed by atoms with Crippen molar-refractivity contribution in [2.75, 3.05) is 0 Å². The monoisotopic (exact) mass is 559 g/mol. The number of halogens is 4. The fraction of sp³-hybridized carbons (Fsp3) is 0. The molecule has 0 N–H and O–H groups in total. The predicted octanol–water partition coefficient (Wildman–Crippen LogP) is -12.0. The Bertz CT molecular complexity index is 3.61. The molecule has 0 spiro atoms. The van der Waals surface area contributed by atoms with Crippen LogP contribution in [0.2, 0.25) is 0 Å². The van der Waals surface area contributed by atoms with Gasteiger partial charge in [-0.3, -0.25) is 0 Å². The van der Waals surface area contributed by atoms with Gasteiger partial charge in [-0.1, -0.05) is 0 Å². The largest absolute Gasteiger partial charge is 4.00 e. The van der Waals surface area contributed by atoms with E-state index in [1.807, 2.05) is 0 Å². The summed E-state index contributed by atoms with van der Waals surface area (Å²) in [7, 11) is 0. The molecule has 0 fully saturated rings. The Balaban J connectivity index is 0. The van der Waals surface area contributed by atoms with Crippen LogP contribution >= 0.6 is 0 Å². The van der Waals surface area contributed by atoms with E-state index in [0.29, 0.717) is 0 Å². The second-order valence-corrected chi connectivity index (χ2v) is 0. The molecule has 0 aromatic carbocycles. The number of hydrogen-bond acceptors (Lipinski definition) is 0. The Morgan fingerprint density at radius 3 is 0.400 bits per heavy atom. The summed E-state index contributed by atoms with van der Waals surface area (Å²) in [4.78, 5) is 0. The third-order valence-corrected chi connectivity index (χ3v) is 0. The van der Waals surface area contributed by atoms with Gasteiger partial charge in [-0.25, -0.2) is 0 Å². The predicted molar refractivity (Wildman–Crippen MR) is 0 cm³/mol. The first kappa shape index (κ1) is 39.0. The summed E-state index contributed by atoms with van der Waals surface area (Å²) in [5.41, 5.74) is 0. The summed E-state index contributed by atoms with van der Waals surface area (Å²) >= 11 is 0. The van der Waals surface area contributed by atoms with Crippen molar-refractivity contribution in [2.45, 2.75) is 0 Å². The Morgan fingerprint density at radius 1 is 0.400 bits per heavy atom. The van der Waals surface area contributed by atoms with Gasteiger partial charge in [-0.2, -0.15) is 0 Å². The van der Waals surface area contributed by atoms with Crippen LogP contribution in [0.4, 0.5) is 0 Å². The summed E-state index contributed by atoms with van der Waals surface area (Å²) in [6.45, 7) is 0. The van der Waals surface area contributed by atoms with Crippen LogP contribution < -0.4 is 95.9 Å². The molecule has 0 aromatic rings. The smallest absolute Gasteiger partial charge is 1.00 e. The zero-order valence-corrected chi connectivity index (χ0v) is 12.0. The van der Waals surface area contributed by atoms with Crippen LogP contribution in [0.25, 0.3) is 0 Å². The molecule has 1 radical (unpaired) electrons. The molecule has 0 nitrogen and oxygen atoms in total. The summed E-state index contributed by atoms with van der Waals surface area (Å²) < 4.78 is 0. The maximum absolute atomic E-state index is 0. The molecule has 0 saturated carbocycles. The minimum Gasteiger partial charge on any atom is -1.00 e. The van der Waals surface area contributed by atoms with Crippen LogP contribution in [0.1, 0.15) is 0 Å². The summed E-state index contributed by atoms with van der Waals surface area (Å²) in [6, 6.07) is 0. The molecule has 33 valence electrons. The van der Waals surface area contributed by atoms with Gasteiger partial charge in [0.1, 0.15) is 0 Å². The van der Waals surface area contributed by atoms with Crippen LogP contribution in [0.5, 0.6) is 0 Å². The molecule has 0 aromatic heterocycles. The first-order chi connectivity index (χ1) is 0. The quantitative estimate of drug-likeness (QED) is 0.260. The van der Waals surface area contributed by atoms with Gasteiger partial charge in [-0.05, 0) is 0 Å². The topological polar surface area (TPSA) is 0 Å². The fourth-order valence-corrected chi connectivity index (χ4v) is 0. The molecule has 0 rings (SSSR count). The molecule has 5 heteroatoms. The van der Waals surface area contributed by atoms with E-state index in [-0.39, 0.29) is 114 Å². The first-order valence-electron chi connectivity index (χ1n) is 0. The van der Waals surface area contributed by atoms with Crippen LogP contribution in [0.3, 0.4) is 0 Å². The zero-order valence-electron chi connectivity index (χ0n) is 1.96. The molecule has 0 atom stereocenters. The van der Waals surface area contributed by atoms with Gasteiger partial charge >= 0.3 is 18.6 Å². The van der Waals surface area contributed by atoms with E-state index in [0.717, 1.165) is 0 Å². The van der Waals surface area contributed by atoms with Crippen LogP contribution in [-0.2, 0) is 18.6 Å². The Hall–Kier alpha value is 3.50. The van der Waals surface area contributed by atoms with Gasteiger partial charge in [0.2, 0.25) is 0 Å². The van der Waals surface area contributed by atoms with Crippen molar-refractivity contribution in [2.24, 2.45) is 0 Å². The third-order valence-electron chi connectivity index (χ3n) is 0. The van der Waals surface area contributed by atoms with Crippen molar-refractivity contribution in [3.8, 4) is 0 Å². The molecule has 0 amide bonds. The average Bonchev–Trinajstić information content (AvgIpc) is 0. The Morgan fingerprint density at radius 2 is 0.400 bits per heavy atom. The molecular weight excluding hydrogens is 559 g/mol. The van der Waals surface area contributed by atoms with Crippen LogP contribution in [-0.4, -0.2) is 0 Å². The van der Waals surface area contributed by atoms with Gasteiger partial charge in [0, 0.05) is 0 Å². The van der Waals surface area contributed by atoms with Gasteiger partial charge in [0.05, 0.1) is 0 Å². The van der Waals surface area contributed by atoms with Gasteiger partial charge < -0.3 is 95.9 Å². The average molecular weight is 559 g/mol. The van der Waals surface area contributed by atoms with Crippen LogP contribution in [0, 0.1) is 0 Å². The van der Waals surface area contributed by atoms with Crippen molar-refractivity contribution in [3.05, 3.63) is 0 Å². The molecule has 5 heavy (non-hydrogen) atoms. The van der Waals surface area contributed by atoms with Gasteiger partial charge in [-0.15, -0.1) is 0 Å². The maximum atomic E-state index is 0. The normalized spacial score (nSPS) is 0. The van der Waals surface area contributed by atoms with E-state index in [9.17, 15) is 0 Å². The molecule has 0 unspecified atom stereocenters. The van der Waals surface area contributed by atoms with Crippen LogP contribution in [0.15, 0.2) is 0 Å². The third kappa shape index (κ3) is 18.5. The molecular formula is I4V. The SMILES string of the molecule is [I-].[I-].[I-].[I-].[V+4]. The van der Waals surface area contributed by atoms with Crippen molar-refractivity contribution in [1.82, 2.24) is 0 Å². The second kappa shape index (κ2) is 25.9. The van der Waals surface area contributed by atoms with Crippen molar-refractivity contribution in [1.29, 1.82) is 0 Å². The Kier molecular flexibility index (Phi) is 202. The van der Waals surface area contributed by atoms with Crippen molar-refractivity contribution in [3.63, 3.8) is 0 Å². The molecule has 0 bridgehead atoms. The molecule has 0 heterocycles. The zero-order chi connectivity index (χ0) is 0. The number of hydrogen-bond donors (Lipinski definition) is 0. The minimum absolute atomic E-state index is 0. The second-order valence-electron chi connectivity index (χ2n) is 0. The minimum atomic E-state index is 0.